The van der Waals surface area contributed by atoms with Crippen LogP contribution in [0.5, 0.6) is 5.75 Å². The first-order chi connectivity index (χ1) is 11.7. The fourth-order valence-electron chi connectivity index (χ4n) is 2.40. The minimum absolute atomic E-state index is 0.494. The number of carbonyl (C=O) groups is 1. The van der Waals surface area contributed by atoms with Crippen LogP contribution < -0.4 is 10.2 Å². The molecule has 0 aliphatic carbocycles. The Kier molecular flexibility index (Phi) is 4.83. The Hall–Kier alpha value is -2.77. The Balaban J connectivity index is 2.02. The average molecular weight is 341 g/mol. The first-order valence-corrected chi connectivity index (χ1v) is 8.02. The number of nitrogens with one attached hydrogen (secondary N) is 1. The van der Waals surface area contributed by atoms with E-state index in [1.807, 2.05) is 54.6 Å². The van der Waals surface area contributed by atoms with Gasteiger partial charge >= 0.3 is 0 Å². The molecule has 24 heavy (non-hydrogen) atoms. The molecular formula is C17H15N3O3S. The summed E-state index contributed by atoms with van der Waals surface area (Å²) in [5, 5.41) is 18.6. The van der Waals surface area contributed by atoms with Crippen molar-refractivity contribution in [2.24, 2.45) is 0 Å². The second-order valence-electron chi connectivity index (χ2n) is 4.97. The van der Waals surface area contributed by atoms with Gasteiger partial charge in [-0.15, -0.1) is 10.2 Å². The molecule has 7 heteroatoms. The van der Waals surface area contributed by atoms with Crippen LogP contribution in [-0.4, -0.2) is 28.4 Å². The van der Waals surface area contributed by atoms with Gasteiger partial charge in [-0.1, -0.05) is 53.8 Å². The molecule has 0 radical (unpaired) electrons. The highest BCUT2D eigenvalue weighted by Gasteiger charge is 2.27. The van der Waals surface area contributed by atoms with Gasteiger partial charge in [-0.2, -0.15) is 0 Å². The minimum atomic E-state index is -0.725. The summed E-state index contributed by atoms with van der Waals surface area (Å²) in [5.41, 5.74) is 3.24. The Bertz CT molecular complexity index is 836. The van der Waals surface area contributed by atoms with E-state index in [1.54, 1.807) is 12.6 Å². The number of hydrogen-bond acceptors (Lipinski definition) is 6. The van der Waals surface area contributed by atoms with Gasteiger partial charge in [0.2, 0.25) is 0 Å². The van der Waals surface area contributed by atoms with Crippen LogP contribution in [0, 0.1) is 0 Å². The quantitative estimate of drug-likeness (QED) is 0.551. The van der Waals surface area contributed by atoms with Crippen LogP contribution in [0.4, 0.5) is 0 Å². The Morgan fingerprint density at radius 3 is 2.54 bits per heavy atom. The summed E-state index contributed by atoms with van der Waals surface area (Å²) in [5.74, 6) is -0.593. The van der Waals surface area contributed by atoms with E-state index < -0.39 is 11.8 Å². The van der Waals surface area contributed by atoms with Crippen LogP contribution >= 0.6 is 11.3 Å². The predicted molar refractivity (Wildman–Crippen MR) is 90.1 cm³/mol. The van der Waals surface area contributed by atoms with Crippen LogP contribution in [0.1, 0.15) is 16.5 Å². The lowest BCUT2D eigenvalue weighted by Crippen LogP contribution is -2.27. The molecule has 0 aliphatic rings. The first kappa shape index (κ1) is 16.1. The minimum Gasteiger partial charge on any atom is -0.496 e. The number of carbonyl (C=O) groups excluding carboxylic acids is 1. The molecule has 0 saturated heterocycles. The molecule has 3 rings (SSSR count). The van der Waals surface area contributed by atoms with Gasteiger partial charge in [-0.3, -0.25) is 10.0 Å². The molecule has 1 amide bonds. The Morgan fingerprint density at radius 2 is 1.83 bits per heavy atom. The van der Waals surface area contributed by atoms with Crippen LogP contribution in [0.2, 0.25) is 0 Å². The normalized spacial score (nSPS) is 11.8. The van der Waals surface area contributed by atoms with E-state index in [0.717, 1.165) is 11.1 Å². The lowest BCUT2D eigenvalue weighted by Gasteiger charge is -2.11. The second kappa shape index (κ2) is 7.20. The third-order valence-corrected chi connectivity index (χ3v) is 4.55. The van der Waals surface area contributed by atoms with Crippen molar-refractivity contribution in [2.45, 2.75) is 5.92 Å². The monoisotopic (exact) mass is 341 g/mol. The van der Waals surface area contributed by atoms with E-state index in [0.29, 0.717) is 15.8 Å². The van der Waals surface area contributed by atoms with Gasteiger partial charge in [0.1, 0.15) is 16.7 Å². The van der Waals surface area contributed by atoms with Gasteiger partial charge in [0, 0.05) is 0 Å². The standard InChI is InChI=1S/C17H15N3O3S/c1-23-13-10-6-5-9-12(13)16-18-19-17(24-16)14(15(21)20-22)11-7-3-2-4-8-11/h2-10,14,22H,1H3,(H,20,21). The number of methoxy groups -OCH3 is 1. The van der Waals surface area contributed by atoms with Gasteiger partial charge in [-0.05, 0) is 17.7 Å². The van der Waals surface area contributed by atoms with Gasteiger partial charge in [0.05, 0.1) is 12.7 Å². The molecular weight excluding hydrogens is 326 g/mol. The van der Waals surface area contributed by atoms with Gasteiger partial charge in [-0.25, -0.2) is 5.48 Å². The smallest absolute Gasteiger partial charge is 0.257 e. The zero-order valence-corrected chi connectivity index (χ0v) is 13.7. The number of aromatic nitrogens is 2. The van der Waals surface area contributed by atoms with Crippen molar-refractivity contribution in [3.05, 3.63) is 65.2 Å². The summed E-state index contributed by atoms with van der Waals surface area (Å²) in [6.45, 7) is 0. The Morgan fingerprint density at radius 1 is 1.12 bits per heavy atom. The van der Waals surface area contributed by atoms with Crippen molar-refractivity contribution in [3.8, 4) is 16.3 Å². The molecule has 1 aromatic heterocycles. The Labute approximate surface area is 142 Å². The molecule has 122 valence electrons. The second-order valence-corrected chi connectivity index (χ2v) is 5.97. The van der Waals surface area contributed by atoms with Crippen molar-refractivity contribution in [3.63, 3.8) is 0 Å². The summed E-state index contributed by atoms with van der Waals surface area (Å²) < 4.78 is 5.34. The molecule has 6 nitrogen and oxygen atoms in total. The molecule has 2 N–H and O–H groups in total. The zero-order valence-electron chi connectivity index (χ0n) is 12.8. The maximum absolute atomic E-state index is 12.1. The number of hydrogen-bond donors (Lipinski definition) is 2. The number of hydroxylamine groups is 1. The summed E-state index contributed by atoms with van der Waals surface area (Å²) >= 11 is 1.29. The van der Waals surface area contributed by atoms with E-state index in [4.69, 9.17) is 9.94 Å². The van der Waals surface area contributed by atoms with Crippen molar-refractivity contribution < 1.29 is 14.7 Å². The molecule has 1 unspecified atom stereocenters. The number of para-hydroxylation sites is 1. The molecule has 0 fully saturated rings. The van der Waals surface area contributed by atoms with Gasteiger partial charge < -0.3 is 4.74 Å². The summed E-state index contributed by atoms with van der Waals surface area (Å²) in [6, 6.07) is 16.6. The van der Waals surface area contributed by atoms with Crippen LogP contribution in [-0.2, 0) is 4.79 Å². The lowest BCUT2D eigenvalue weighted by atomic mass is 9.99. The number of nitrogens with zero attached hydrogens (tertiary/aromatic N) is 2. The molecule has 1 atom stereocenters. The summed E-state index contributed by atoms with van der Waals surface area (Å²) in [6.07, 6.45) is 0. The summed E-state index contributed by atoms with van der Waals surface area (Å²) in [7, 11) is 1.59. The van der Waals surface area contributed by atoms with Crippen molar-refractivity contribution in [2.75, 3.05) is 7.11 Å². The van der Waals surface area contributed by atoms with Crippen molar-refractivity contribution in [1.29, 1.82) is 0 Å². The molecule has 0 aliphatic heterocycles. The van der Waals surface area contributed by atoms with Gasteiger partial charge in [0.15, 0.2) is 5.01 Å². The lowest BCUT2D eigenvalue weighted by molar-refractivity contribution is -0.129. The van der Waals surface area contributed by atoms with Gasteiger partial charge in [0.25, 0.3) is 5.91 Å². The molecule has 1 heterocycles. The van der Waals surface area contributed by atoms with Crippen molar-refractivity contribution >= 4 is 17.2 Å². The molecule has 0 saturated carbocycles. The molecule has 0 bridgehead atoms. The zero-order chi connectivity index (χ0) is 16.9. The number of benzene rings is 2. The van der Waals surface area contributed by atoms with E-state index in [1.165, 1.54) is 11.3 Å². The fraction of sp³-hybridized carbons (Fsp3) is 0.118. The number of ether oxygens (including phenoxy) is 1. The molecule has 3 aromatic rings. The van der Waals surface area contributed by atoms with E-state index in [-0.39, 0.29) is 0 Å². The topological polar surface area (TPSA) is 84.3 Å². The third-order valence-electron chi connectivity index (χ3n) is 3.53. The van der Waals surface area contributed by atoms with Crippen LogP contribution in [0.3, 0.4) is 0 Å². The van der Waals surface area contributed by atoms with Crippen LogP contribution in [0.25, 0.3) is 10.6 Å². The average Bonchev–Trinajstić information content (AvgIpc) is 3.12. The highest BCUT2D eigenvalue weighted by atomic mass is 32.1. The SMILES string of the molecule is COc1ccccc1-c1nnc(C(C(=O)NO)c2ccccc2)s1. The molecule has 2 aromatic carbocycles. The van der Waals surface area contributed by atoms with Crippen LogP contribution in [0.15, 0.2) is 54.6 Å². The van der Waals surface area contributed by atoms with E-state index in [2.05, 4.69) is 10.2 Å². The molecule has 0 spiro atoms. The fourth-order valence-corrected chi connectivity index (χ4v) is 3.40. The van der Waals surface area contributed by atoms with E-state index in [9.17, 15) is 4.79 Å². The highest BCUT2D eigenvalue weighted by molar-refractivity contribution is 7.15. The third kappa shape index (κ3) is 3.12. The number of rotatable bonds is 5. The predicted octanol–water partition coefficient (Wildman–Crippen LogP) is 2.85. The summed E-state index contributed by atoms with van der Waals surface area (Å²) in [4.78, 5) is 12.1. The number of amides is 1. The highest BCUT2D eigenvalue weighted by Crippen LogP contribution is 2.35. The maximum Gasteiger partial charge on any atom is 0.257 e. The largest absolute Gasteiger partial charge is 0.496 e. The van der Waals surface area contributed by atoms with Crippen molar-refractivity contribution in [1.82, 2.24) is 15.7 Å². The maximum atomic E-state index is 12.1. The van der Waals surface area contributed by atoms with E-state index >= 15 is 0 Å². The first-order valence-electron chi connectivity index (χ1n) is 7.20.